The summed E-state index contributed by atoms with van der Waals surface area (Å²) in [6.45, 7) is 5.64. The van der Waals surface area contributed by atoms with Gasteiger partial charge in [-0.3, -0.25) is 9.69 Å². The van der Waals surface area contributed by atoms with Crippen molar-refractivity contribution in [3.8, 4) is 23.0 Å². The summed E-state index contributed by atoms with van der Waals surface area (Å²) in [6, 6.07) is 2.41. The molecule has 3 atom stereocenters. The van der Waals surface area contributed by atoms with Crippen molar-refractivity contribution in [3.05, 3.63) is 48.1 Å². The molecule has 3 aliphatic rings. The van der Waals surface area contributed by atoms with Gasteiger partial charge in [0.2, 0.25) is 11.8 Å². The Morgan fingerprint density at radius 3 is 2.73 bits per heavy atom. The lowest BCUT2D eigenvalue weighted by Gasteiger charge is -2.31. The largest absolute Gasteiger partial charge is 0.472 e. The van der Waals surface area contributed by atoms with E-state index in [1.54, 1.807) is 7.11 Å². The van der Waals surface area contributed by atoms with Gasteiger partial charge in [-0.1, -0.05) is 17.9 Å². The number of fused-ring (bicyclic) bond motifs is 3. The molecule has 0 aliphatic carbocycles. The Balaban J connectivity index is 1.37. The summed E-state index contributed by atoms with van der Waals surface area (Å²) < 4.78 is 93.4. The fourth-order valence-corrected chi connectivity index (χ4v) is 7.91. The molecule has 4 aromatic rings. The molecule has 7 rings (SSSR count). The van der Waals surface area contributed by atoms with Gasteiger partial charge in [-0.15, -0.1) is 0 Å². The molecule has 3 saturated heterocycles. The van der Waals surface area contributed by atoms with Gasteiger partial charge in [0, 0.05) is 37.7 Å². The summed E-state index contributed by atoms with van der Waals surface area (Å²) in [5, 5.41) is -0.440. The Labute approximate surface area is 275 Å². The van der Waals surface area contributed by atoms with Crippen LogP contribution < -0.4 is 15.2 Å². The number of aromatic nitrogens is 3. The fourth-order valence-electron chi connectivity index (χ4n) is 7.15. The van der Waals surface area contributed by atoms with Gasteiger partial charge in [0.15, 0.2) is 10.9 Å². The molecule has 0 unspecified atom stereocenters. The predicted molar refractivity (Wildman–Crippen MR) is 168 cm³/mol. The van der Waals surface area contributed by atoms with Gasteiger partial charge in [0.05, 0.1) is 39.4 Å². The zero-order chi connectivity index (χ0) is 34.0. The average molecular weight is 691 g/mol. The summed E-state index contributed by atoms with van der Waals surface area (Å²) >= 11 is 0.739. The van der Waals surface area contributed by atoms with Crippen molar-refractivity contribution in [2.45, 2.75) is 49.6 Å². The molecule has 0 spiro atoms. The second kappa shape index (κ2) is 12.1. The number of ether oxygens (including phenoxy) is 3. The number of nitrogens with zero attached hydrogens (tertiary/aromatic N) is 5. The third-order valence-corrected chi connectivity index (χ3v) is 10.3. The number of nitrogen functional groups attached to an aromatic ring is 1. The predicted octanol–water partition coefficient (Wildman–Crippen LogP) is 5.58. The van der Waals surface area contributed by atoms with Crippen LogP contribution in [0.2, 0.25) is 0 Å². The van der Waals surface area contributed by atoms with Gasteiger partial charge in [0.1, 0.15) is 24.0 Å². The van der Waals surface area contributed by atoms with Gasteiger partial charge in [-0.25, -0.2) is 13.8 Å². The molecule has 1 amide bonds. The Bertz CT molecular complexity index is 1940. The van der Waals surface area contributed by atoms with Gasteiger partial charge in [-0.2, -0.15) is 23.1 Å². The zero-order valence-corrected chi connectivity index (χ0v) is 26.6. The van der Waals surface area contributed by atoms with Gasteiger partial charge in [0.25, 0.3) is 0 Å². The molecule has 3 fully saturated rings. The maximum absolute atomic E-state index is 16.8. The first-order chi connectivity index (χ1) is 22.9. The standard InChI is InChI=1S/C32H31F5N6O4S/c1-3-22(44)42-10-7-16(13-42)47-28-19-11-20(32(35,36)37)23(18-5-6-21(33)27-26(18)39-29(38)48-27)24(34)25(19)40-30(41-28)46-15-31-8-4-9-43(31)14-17(12-31)45-2/h3,5-6,11,16-17H,1,4,7-10,12-15H2,2H3,(H2,38,39)/t16-,17-,31-/m1/s1. The number of hydrogen-bond acceptors (Lipinski definition) is 10. The molecule has 16 heteroatoms. The number of carbonyl (C=O) groups excluding carboxylic acids is 1. The maximum Gasteiger partial charge on any atom is 0.417 e. The molecule has 3 aliphatic heterocycles. The van der Waals surface area contributed by atoms with E-state index in [2.05, 4.69) is 26.4 Å². The van der Waals surface area contributed by atoms with E-state index in [-0.39, 0.29) is 68.9 Å². The Morgan fingerprint density at radius 2 is 1.98 bits per heavy atom. The van der Waals surface area contributed by atoms with Gasteiger partial charge < -0.3 is 24.8 Å². The van der Waals surface area contributed by atoms with Crippen molar-refractivity contribution >= 4 is 43.5 Å². The van der Waals surface area contributed by atoms with Crippen LogP contribution in [0.1, 0.15) is 31.2 Å². The number of amides is 1. The number of halogens is 5. The van der Waals surface area contributed by atoms with Crippen LogP contribution in [0.3, 0.4) is 0 Å². The van der Waals surface area contributed by atoms with Crippen LogP contribution in [0.25, 0.3) is 32.2 Å². The van der Waals surface area contributed by atoms with Gasteiger partial charge in [-0.05, 0) is 50.1 Å². The average Bonchev–Trinajstić information content (AvgIpc) is 3.83. The second-order valence-corrected chi connectivity index (χ2v) is 13.3. The van der Waals surface area contributed by atoms with E-state index in [1.165, 1.54) is 4.90 Å². The highest BCUT2D eigenvalue weighted by Crippen LogP contribution is 2.46. The highest BCUT2D eigenvalue weighted by atomic mass is 32.1. The lowest BCUT2D eigenvalue weighted by Crippen LogP contribution is -2.43. The van der Waals surface area contributed by atoms with Crippen LogP contribution in [0.4, 0.5) is 27.1 Å². The van der Waals surface area contributed by atoms with E-state index < -0.39 is 40.6 Å². The highest BCUT2D eigenvalue weighted by Gasteiger charge is 2.49. The molecule has 0 radical (unpaired) electrons. The van der Waals surface area contributed by atoms with Gasteiger partial charge >= 0.3 is 12.2 Å². The van der Waals surface area contributed by atoms with E-state index in [4.69, 9.17) is 19.9 Å². The highest BCUT2D eigenvalue weighted by molar-refractivity contribution is 7.22. The summed E-state index contributed by atoms with van der Waals surface area (Å²) in [7, 11) is 1.65. The van der Waals surface area contributed by atoms with Crippen molar-refractivity contribution in [3.63, 3.8) is 0 Å². The third kappa shape index (κ3) is 5.58. The molecule has 254 valence electrons. The maximum atomic E-state index is 16.8. The quantitative estimate of drug-likeness (QED) is 0.187. The first-order valence-electron chi connectivity index (χ1n) is 15.4. The smallest absolute Gasteiger partial charge is 0.417 e. The molecule has 2 N–H and O–H groups in total. The van der Waals surface area contributed by atoms with Crippen molar-refractivity contribution in [2.24, 2.45) is 0 Å². The van der Waals surface area contributed by atoms with Crippen molar-refractivity contribution in [2.75, 3.05) is 45.6 Å². The fraction of sp³-hybridized carbons (Fsp3) is 0.438. The number of anilines is 1. The van der Waals surface area contributed by atoms with Crippen molar-refractivity contribution in [1.82, 2.24) is 24.8 Å². The molecule has 0 saturated carbocycles. The van der Waals surface area contributed by atoms with Crippen molar-refractivity contribution < 1.29 is 41.0 Å². The lowest BCUT2D eigenvalue weighted by molar-refractivity contribution is -0.137. The summed E-state index contributed by atoms with van der Waals surface area (Å²) in [5.41, 5.74) is 2.18. The normalized spacial score (nSPS) is 22.9. The third-order valence-electron chi connectivity index (χ3n) is 9.45. The number of methoxy groups -OCH3 is 1. The summed E-state index contributed by atoms with van der Waals surface area (Å²) in [4.78, 5) is 28.6. The minimum absolute atomic E-state index is 0.00185. The molecule has 10 nitrogen and oxygen atoms in total. The molecule has 2 aromatic carbocycles. The molecular weight excluding hydrogens is 659 g/mol. The number of benzene rings is 2. The summed E-state index contributed by atoms with van der Waals surface area (Å²) in [6.07, 6.45) is -1.75. The lowest BCUT2D eigenvalue weighted by atomic mass is 9.94. The summed E-state index contributed by atoms with van der Waals surface area (Å²) in [5.74, 6) is -2.75. The number of alkyl halides is 3. The van der Waals surface area contributed by atoms with Crippen LogP contribution in [0.15, 0.2) is 30.9 Å². The number of nitrogens with two attached hydrogens (primary N) is 1. The van der Waals surface area contributed by atoms with E-state index in [0.29, 0.717) is 19.4 Å². The number of carbonyl (C=O) groups is 1. The molecule has 2 aromatic heterocycles. The van der Waals surface area contributed by atoms with E-state index in [0.717, 1.165) is 61.5 Å². The number of thiazole rings is 1. The van der Waals surface area contributed by atoms with Crippen LogP contribution in [0.5, 0.6) is 11.9 Å². The number of rotatable bonds is 8. The van der Waals surface area contributed by atoms with Crippen LogP contribution in [0, 0.1) is 11.6 Å². The van der Waals surface area contributed by atoms with E-state index in [9.17, 15) is 22.4 Å². The first kappa shape index (κ1) is 32.4. The first-order valence-corrected chi connectivity index (χ1v) is 16.2. The Hall–Kier alpha value is -4.15. The molecule has 0 bridgehead atoms. The van der Waals surface area contributed by atoms with E-state index in [1.807, 2.05) is 0 Å². The second-order valence-electron chi connectivity index (χ2n) is 12.3. The number of hydrogen-bond donors (Lipinski definition) is 1. The zero-order valence-electron chi connectivity index (χ0n) is 25.8. The minimum Gasteiger partial charge on any atom is -0.472 e. The molecule has 48 heavy (non-hydrogen) atoms. The van der Waals surface area contributed by atoms with Crippen LogP contribution in [-0.4, -0.2) is 88.3 Å². The van der Waals surface area contributed by atoms with E-state index >= 15 is 4.39 Å². The number of likely N-dealkylation sites (tertiary alicyclic amines) is 1. The Morgan fingerprint density at radius 1 is 1.17 bits per heavy atom. The Kier molecular flexibility index (Phi) is 8.15. The molecular formula is C32H31F5N6O4S. The molecule has 5 heterocycles. The van der Waals surface area contributed by atoms with Crippen LogP contribution in [-0.2, 0) is 15.7 Å². The monoisotopic (exact) mass is 690 g/mol. The van der Waals surface area contributed by atoms with Crippen LogP contribution >= 0.6 is 11.3 Å². The SMILES string of the molecule is C=CC(=O)N1CC[C@@H](Oc2nc(OC[C@]34CCCN3C[C@H](OC)C4)nc3c(F)c(-c4ccc(F)c5sc(N)nc45)c(C(F)(F)F)cc23)C1. The topological polar surface area (TPSA) is 116 Å². The van der Waals surface area contributed by atoms with Crippen molar-refractivity contribution in [1.29, 1.82) is 0 Å². The minimum atomic E-state index is -5.06.